The van der Waals surface area contributed by atoms with Gasteiger partial charge in [-0.05, 0) is 24.6 Å². The molecule has 5 nitrogen and oxygen atoms in total. The van der Waals surface area contributed by atoms with Gasteiger partial charge in [-0.2, -0.15) is 0 Å². The first-order valence-corrected chi connectivity index (χ1v) is 7.28. The summed E-state index contributed by atoms with van der Waals surface area (Å²) in [4.78, 5) is 19.1. The molecular formula is C14H17N3O2S. The number of rotatable bonds is 5. The fraction of sp³-hybridized carbons (Fsp3) is 0.286. The fourth-order valence-corrected chi connectivity index (χ4v) is 2.58. The molecule has 0 atom stereocenters. The summed E-state index contributed by atoms with van der Waals surface area (Å²) in [7, 11) is 1.39. The summed E-state index contributed by atoms with van der Waals surface area (Å²) in [6.45, 7) is 1.93. The van der Waals surface area contributed by atoms with Crippen LogP contribution in [0, 0.1) is 0 Å². The van der Waals surface area contributed by atoms with Gasteiger partial charge >= 0.3 is 5.97 Å². The fourth-order valence-electron chi connectivity index (χ4n) is 1.80. The van der Waals surface area contributed by atoms with Gasteiger partial charge in [0, 0.05) is 17.0 Å². The Bertz CT molecular complexity index is 649. The third-order valence-corrected chi connectivity index (χ3v) is 3.66. The summed E-state index contributed by atoms with van der Waals surface area (Å²) < 4.78 is 4.71. The van der Waals surface area contributed by atoms with Crippen molar-refractivity contribution in [3.05, 3.63) is 29.8 Å². The third-order valence-electron chi connectivity index (χ3n) is 2.86. The standard InChI is InChI=1S/C14H17N3O2S/c1-3-9(13(18)19-2)6-7-20-14-16-11-5-4-10(15)8-12(11)17-14/h4-6,8H,3,7,15H2,1-2H3,(H,16,17)/b9-6-. The molecular weight excluding hydrogens is 274 g/mol. The monoisotopic (exact) mass is 291 g/mol. The van der Waals surface area contributed by atoms with Gasteiger partial charge in [-0.25, -0.2) is 9.78 Å². The number of esters is 1. The van der Waals surface area contributed by atoms with Crippen LogP contribution in [0.5, 0.6) is 0 Å². The number of aromatic nitrogens is 2. The molecule has 2 rings (SSSR count). The third kappa shape index (κ3) is 3.33. The Hall–Kier alpha value is -1.95. The van der Waals surface area contributed by atoms with Crippen LogP contribution in [-0.4, -0.2) is 28.8 Å². The molecule has 6 heteroatoms. The molecule has 20 heavy (non-hydrogen) atoms. The Labute approximate surface area is 121 Å². The van der Waals surface area contributed by atoms with Crippen molar-refractivity contribution in [3.8, 4) is 0 Å². The second-order valence-electron chi connectivity index (χ2n) is 4.20. The SMILES string of the molecule is CC/C(=C/CSc1nc2ccc(N)cc2[nH]1)C(=O)OC. The molecule has 2 aromatic rings. The number of carbonyl (C=O) groups is 1. The van der Waals surface area contributed by atoms with E-state index in [4.69, 9.17) is 10.5 Å². The number of fused-ring (bicyclic) bond motifs is 1. The maximum atomic E-state index is 11.4. The van der Waals surface area contributed by atoms with E-state index < -0.39 is 0 Å². The van der Waals surface area contributed by atoms with Crippen molar-refractivity contribution >= 4 is 34.5 Å². The number of hydrogen-bond acceptors (Lipinski definition) is 5. The van der Waals surface area contributed by atoms with Crippen molar-refractivity contribution in [2.24, 2.45) is 0 Å². The van der Waals surface area contributed by atoms with Crippen LogP contribution in [0.3, 0.4) is 0 Å². The number of thioether (sulfide) groups is 1. The van der Waals surface area contributed by atoms with Crippen LogP contribution in [0.15, 0.2) is 35.0 Å². The Balaban J connectivity index is 2.05. The molecule has 3 N–H and O–H groups in total. The van der Waals surface area contributed by atoms with Crippen molar-refractivity contribution in [2.45, 2.75) is 18.5 Å². The lowest BCUT2D eigenvalue weighted by Crippen LogP contribution is -2.04. The highest BCUT2D eigenvalue weighted by atomic mass is 32.2. The molecule has 0 fully saturated rings. The molecule has 0 aliphatic heterocycles. The van der Waals surface area contributed by atoms with Crippen LogP contribution in [0.25, 0.3) is 11.0 Å². The van der Waals surface area contributed by atoms with Crippen LogP contribution in [0.1, 0.15) is 13.3 Å². The van der Waals surface area contributed by atoms with E-state index >= 15 is 0 Å². The Morgan fingerprint density at radius 1 is 1.55 bits per heavy atom. The lowest BCUT2D eigenvalue weighted by atomic mass is 10.2. The van der Waals surface area contributed by atoms with Gasteiger partial charge in [0.1, 0.15) is 0 Å². The van der Waals surface area contributed by atoms with Gasteiger partial charge in [0.2, 0.25) is 0 Å². The molecule has 0 bridgehead atoms. The van der Waals surface area contributed by atoms with E-state index in [2.05, 4.69) is 9.97 Å². The summed E-state index contributed by atoms with van der Waals surface area (Å²) in [6.07, 6.45) is 2.53. The smallest absolute Gasteiger partial charge is 0.333 e. The van der Waals surface area contributed by atoms with E-state index in [9.17, 15) is 4.79 Å². The number of carbonyl (C=O) groups excluding carboxylic acids is 1. The Morgan fingerprint density at radius 3 is 3.05 bits per heavy atom. The summed E-state index contributed by atoms with van der Waals surface area (Å²) in [5.41, 5.74) is 8.91. The quantitative estimate of drug-likeness (QED) is 0.383. The number of nitrogens with one attached hydrogen (secondary N) is 1. The molecule has 0 aliphatic rings. The predicted molar refractivity (Wildman–Crippen MR) is 81.6 cm³/mol. The average molecular weight is 291 g/mol. The number of nitrogens with zero attached hydrogens (tertiary/aromatic N) is 1. The van der Waals surface area contributed by atoms with Crippen molar-refractivity contribution < 1.29 is 9.53 Å². The van der Waals surface area contributed by atoms with Crippen LogP contribution in [0.4, 0.5) is 5.69 Å². The number of methoxy groups -OCH3 is 1. The lowest BCUT2D eigenvalue weighted by Gasteiger charge is -2.01. The molecule has 1 aromatic carbocycles. The first-order chi connectivity index (χ1) is 9.63. The molecule has 0 saturated heterocycles. The van der Waals surface area contributed by atoms with E-state index in [1.54, 1.807) is 0 Å². The highest BCUT2D eigenvalue weighted by Crippen LogP contribution is 2.21. The number of benzene rings is 1. The van der Waals surface area contributed by atoms with Gasteiger partial charge in [0.05, 0.1) is 18.1 Å². The minimum Gasteiger partial charge on any atom is -0.466 e. The topological polar surface area (TPSA) is 81.0 Å². The van der Waals surface area contributed by atoms with Crippen molar-refractivity contribution in [1.29, 1.82) is 0 Å². The Kier molecular flexibility index (Phi) is 4.68. The van der Waals surface area contributed by atoms with E-state index in [1.165, 1.54) is 18.9 Å². The van der Waals surface area contributed by atoms with E-state index in [1.807, 2.05) is 31.2 Å². The highest BCUT2D eigenvalue weighted by molar-refractivity contribution is 7.99. The van der Waals surface area contributed by atoms with Gasteiger partial charge in [0.25, 0.3) is 0 Å². The van der Waals surface area contributed by atoms with Crippen LogP contribution >= 0.6 is 11.8 Å². The van der Waals surface area contributed by atoms with Crippen molar-refractivity contribution in [3.63, 3.8) is 0 Å². The van der Waals surface area contributed by atoms with Gasteiger partial charge in [-0.3, -0.25) is 0 Å². The van der Waals surface area contributed by atoms with Crippen molar-refractivity contribution in [1.82, 2.24) is 9.97 Å². The first kappa shape index (κ1) is 14.5. The summed E-state index contributed by atoms with van der Waals surface area (Å²) in [6, 6.07) is 5.56. The molecule has 0 saturated carbocycles. The molecule has 0 radical (unpaired) electrons. The molecule has 0 amide bonds. The van der Waals surface area contributed by atoms with Crippen LogP contribution in [0.2, 0.25) is 0 Å². The summed E-state index contributed by atoms with van der Waals surface area (Å²) >= 11 is 1.53. The van der Waals surface area contributed by atoms with Crippen molar-refractivity contribution in [2.75, 3.05) is 18.6 Å². The average Bonchev–Trinajstić information content (AvgIpc) is 2.84. The number of hydrogen-bond donors (Lipinski definition) is 2. The van der Waals surface area contributed by atoms with E-state index in [0.717, 1.165) is 16.2 Å². The molecule has 1 aromatic heterocycles. The van der Waals surface area contributed by atoms with Gasteiger partial charge in [0.15, 0.2) is 5.16 Å². The van der Waals surface area contributed by atoms with Gasteiger partial charge < -0.3 is 15.5 Å². The minimum absolute atomic E-state index is 0.273. The zero-order valence-corrected chi connectivity index (χ0v) is 12.3. The molecule has 106 valence electrons. The number of aromatic amines is 1. The zero-order valence-electron chi connectivity index (χ0n) is 11.5. The van der Waals surface area contributed by atoms with E-state index in [-0.39, 0.29) is 5.97 Å². The van der Waals surface area contributed by atoms with Gasteiger partial charge in [-0.1, -0.05) is 24.8 Å². The number of nitrogen functional groups attached to an aromatic ring is 1. The maximum absolute atomic E-state index is 11.4. The second kappa shape index (κ2) is 6.47. The summed E-state index contributed by atoms with van der Waals surface area (Å²) in [5, 5.41) is 0.808. The first-order valence-electron chi connectivity index (χ1n) is 6.29. The highest BCUT2D eigenvalue weighted by Gasteiger charge is 2.07. The maximum Gasteiger partial charge on any atom is 0.333 e. The summed E-state index contributed by atoms with van der Waals surface area (Å²) in [5.74, 6) is 0.388. The predicted octanol–water partition coefficient (Wildman–Crippen LogP) is 2.75. The molecule has 0 aliphatic carbocycles. The number of H-pyrrole nitrogens is 1. The number of nitrogens with two attached hydrogens (primary N) is 1. The van der Waals surface area contributed by atoms with Crippen LogP contribution < -0.4 is 5.73 Å². The number of anilines is 1. The lowest BCUT2D eigenvalue weighted by molar-refractivity contribution is -0.136. The van der Waals surface area contributed by atoms with Gasteiger partial charge in [-0.15, -0.1) is 0 Å². The number of imidazole rings is 1. The zero-order chi connectivity index (χ0) is 14.5. The Morgan fingerprint density at radius 2 is 2.35 bits per heavy atom. The minimum atomic E-state index is -0.273. The molecule has 0 unspecified atom stereocenters. The largest absolute Gasteiger partial charge is 0.466 e. The number of ether oxygens (including phenoxy) is 1. The van der Waals surface area contributed by atoms with E-state index in [0.29, 0.717) is 23.4 Å². The molecule has 0 spiro atoms. The normalized spacial score (nSPS) is 11.8. The second-order valence-corrected chi connectivity index (χ2v) is 5.21. The molecule has 1 heterocycles. The van der Waals surface area contributed by atoms with Crippen LogP contribution in [-0.2, 0) is 9.53 Å².